The van der Waals surface area contributed by atoms with Crippen molar-refractivity contribution in [3.05, 3.63) is 89.5 Å². The lowest BCUT2D eigenvalue weighted by molar-refractivity contribution is 0.139. The van der Waals surface area contributed by atoms with Gasteiger partial charge in [0, 0.05) is 0 Å². The number of rotatable bonds is 7. The summed E-state index contributed by atoms with van der Waals surface area (Å²) in [6.45, 7) is 0.912. The molecule has 1 N–H and O–H groups in total. The Kier molecular flexibility index (Phi) is 6.90. The molecule has 1 unspecified atom stereocenters. The molecule has 1 aliphatic heterocycles. The minimum absolute atomic E-state index is 0.112. The van der Waals surface area contributed by atoms with Gasteiger partial charge >= 0.3 is 0 Å². The second-order valence-corrected chi connectivity index (χ2v) is 8.26. The van der Waals surface area contributed by atoms with Gasteiger partial charge in [-0.2, -0.15) is 0 Å². The normalized spacial score (nSPS) is 14.9. The zero-order chi connectivity index (χ0) is 22.5. The third kappa shape index (κ3) is 4.85. The van der Waals surface area contributed by atoms with Crippen molar-refractivity contribution in [1.29, 1.82) is 0 Å². The predicted molar refractivity (Wildman–Crippen MR) is 127 cm³/mol. The Morgan fingerprint density at radius 2 is 1.56 bits per heavy atom. The third-order valence-electron chi connectivity index (χ3n) is 5.42. The molecule has 6 nitrogen and oxygen atoms in total. The Labute approximate surface area is 190 Å². The summed E-state index contributed by atoms with van der Waals surface area (Å²) in [5, 5.41) is 1.85. The van der Waals surface area contributed by atoms with E-state index in [1.165, 1.54) is 0 Å². The summed E-state index contributed by atoms with van der Waals surface area (Å²) in [5.41, 5.74) is 5.96. The first-order valence-electron chi connectivity index (χ1n) is 10.2. The van der Waals surface area contributed by atoms with E-state index >= 15 is 0 Å². The van der Waals surface area contributed by atoms with Crippen molar-refractivity contribution in [2.75, 3.05) is 32.4 Å². The number of anilines is 1. The van der Waals surface area contributed by atoms with Crippen LogP contribution in [0.15, 0.2) is 72.8 Å². The fourth-order valence-corrected chi connectivity index (χ4v) is 4.24. The first-order chi connectivity index (χ1) is 15.6. The average molecular weight is 452 g/mol. The highest BCUT2D eigenvalue weighted by Crippen LogP contribution is 2.37. The molecule has 0 amide bonds. The van der Waals surface area contributed by atoms with Gasteiger partial charge < -0.3 is 14.0 Å². The van der Waals surface area contributed by atoms with Crippen LogP contribution in [0.4, 0.5) is 5.69 Å². The molecule has 3 aromatic rings. The van der Waals surface area contributed by atoms with E-state index in [4.69, 9.17) is 14.3 Å². The highest BCUT2D eigenvalue weighted by molar-refractivity contribution is 7.78. The molecule has 1 aliphatic rings. The van der Waals surface area contributed by atoms with E-state index in [9.17, 15) is 8.76 Å². The van der Waals surface area contributed by atoms with Crippen LogP contribution in [0.2, 0.25) is 0 Å². The number of methoxy groups -OCH3 is 2. The predicted octanol–water partition coefficient (Wildman–Crippen LogP) is 4.79. The molecule has 0 radical (unpaired) electrons. The molecular formula is C25H25NO5S. The van der Waals surface area contributed by atoms with Crippen molar-refractivity contribution < 1.29 is 23.1 Å². The Bertz CT molecular complexity index is 1130. The number of hydroxylamine groups is 1. The molecule has 32 heavy (non-hydrogen) atoms. The van der Waals surface area contributed by atoms with Crippen LogP contribution in [-0.2, 0) is 21.7 Å². The number of hydrogen-bond donors (Lipinski definition) is 1. The van der Waals surface area contributed by atoms with Gasteiger partial charge in [0.15, 0.2) is 11.1 Å². The number of ether oxygens (including phenoxy) is 2. The first-order valence-corrected chi connectivity index (χ1v) is 11.4. The highest BCUT2D eigenvalue weighted by atomic mass is 32.2. The molecule has 0 bridgehead atoms. The molecular weight excluding hydrogens is 426 g/mol. The molecule has 0 fully saturated rings. The van der Waals surface area contributed by atoms with E-state index in [1.54, 1.807) is 14.2 Å². The van der Waals surface area contributed by atoms with Crippen LogP contribution in [-0.4, -0.2) is 36.1 Å². The van der Waals surface area contributed by atoms with Crippen LogP contribution in [0, 0.1) is 0 Å². The van der Waals surface area contributed by atoms with Crippen molar-refractivity contribution in [3.8, 4) is 11.5 Å². The van der Waals surface area contributed by atoms with Crippen LogP contribution >= 0.6 is 0 Å². The van der Waals surface area contributed by atoms with Gasteiger partial charge in [-0.25, -0.2) is 9.27 Å². The Balaban J connectivity index is 1.74. The Hall–Kier alpha value is -3.13. The van der Waals surface area contributed by atoms with Gasteiger partial charge in [-0.3, -0.25) is 4.84 Å². The molecule has 4 rings (SSSR count). The summed E-state index contributed by atoms with van der Waals surface area (Å²) in [5.74, 6) is 1.64. The number of para-hydroxylation sites is 2. The van der Waals surface area contributed by atoms with Crippen molar-refractivity contribution in [3.63, 3.8) is 0 Å². The first kappa shape index (κ1) is 22.1. The molecule has 7 heteroatoms. The fourth-order valence-electron chi connectivity index (χ4n) is 3.76. The Morgan fingerprint density at radius 1 is 0.906 bits per heavy atom. The summed E-state index contributed by atoms with van der Waals surface area (Å²) in [4.78, 5) is 6.15. The van der Waals surface area contributed by atoms with Crippen LogP contribution < -0.4 is 14.5 Å². The summed E-state index contributed by atoms with van der Waals surface area (Å²) in [6, 6.07) is 23.5. The average Bonchev–Trinajstić information content (AvgIpc) is 2.84. The van der Waals surface area contributed by atoms with Gasteiger partial charge in [-0.1, -0.05) is 48.5 Å². The summed E-state index contributed by atoms with van der Waals surface area (Å²) in [6.07, 6.45) is 0. The molecule has 0 saturated heterocycles. The van der Waals surface area contributed by atoms with Crippen molar-refractivity contribution in [2.24, 2.45) is 0 Å². The zero-order valence-electron chi connectivity index (χ0n) is 18.0. The van der Waals surface area contributed by atoms with E-state index in [0.29, 0.717) is 13.2 Å². The van der Waals surface area contributed by atoms with Crippen molar-refractivity contribution >= 4 is 27.9 Å². The van der Waals surface area contributed by atoms with Gasteiger partial charge in [0.25, 0.3) is 0 Å². The van der Waals surface area contributed by atoms with E-state index in [1.807, 2.05) is 77.9 Å². The number of hydrogen-bond acceptors (Lipinski definition) is 5. The maximum Gasteiger partial charge on any atom is 0.157 e. The second-order valence-electron chi connectivity index (χ2n) is 7.33. The lowest BCUT2D eigenvalue weighted by atomic mass is 9.93. The quantitative estimate of drug-likeness (QED) is 0.521. The van der Waals surface area contributed by atoms with Crippen molar-refractivity contribution in [1.82, 2.24) is 0 Å². The topological polar surface area (TPSA) is 68.2 Å². The maximum atomic E-state index is 11.2. The molecule has 1 atom stereocenters. The molecule has 3 aromatic carbocycles. The van der Waals surface area contributed by atoms with Crippen LogP contribution in [0.5, 0.6) is 11.5 Å². The summed E-state index contributed by atoms with van der Waals surface area (Å²) >= 11 is -1.87. The largest absolute Gasteiger partial charge is 0.497 e. The van der Waals surface area contributed by atoms with Gasteiger partial charge in [-0.05, 0) is 52.1 Å². The van der Waals surface area contributed by atoms with E-state index < -0.39 is 11.1 Å². The minimum atomic E-state index is -1.87. The van der Waals surface area contributed by atoms with Crippen LogP contribution in [0.1, 0.15) is 16.7 Å². The monoisotopic (exact) mass is 451 g/mol. The SMILES string of the molecule is COc1ccc(C2=C(c3ccc(CS(=O)O)cc3)CN(c3ccccc3OC)OC2)cc1. The van der Waals surface area contributed by atoms with Crippen molar-refractivity contribution in [2.45, 2.75) is 5.75 Å². The van der Waals surface area contributed by atoms with Crippen LogP contribution in [0.3, 0.4) is 0 Å². The Morgan fingerprint density at radius 3 is 2.22 bits per heavy atom. The molecule has 0 saturated carbocycles. The van der Waals surface area contributed by atoms with E-state index in [2.05, 4.69) is 0 Å². The van der Waals surface area contributed by atoms with E-state index in [-0.39, 0.29) is 5.75 Å². The lowest BCUT2D eigenvalue weighted by Gasteiger charge is -2.33. The van der Waals surface area contributed by atoms with Gasteiger partial charge in [0.05, 0.1) is 26.5 Å². The van der Waals surface area contributed by atoms with E-state index in [0.717, 1.165) is 45.0 Å². The summed E-state index contributed by atoms with van der Waals surface area (Å²) < 4.78 is 31.2. The molecule has 0 spiro atoms. The standard InChI is InChI=1S/C25H25NO5S/c1-29-21-13-11-20(12-14-21)23-16-31-26(24-5-3-4-6-25(24)30-2)15-22(23)19-9-7-18(8-10-19)17-32(27)28/h3-14H,15-17H2,1-2H3,(H,27,28). The van der Waals surface area contributed by atoms with Crippen LogP contribution in [0.25, 0.3) is 11.1 Å². The third-order valence-corrected chi connectivity index (χ3v) is 6.00. The van der Waals surface area contributed by atoms with Gasteiger partial charge in [0.2, 0.25) is 0 Å². The summed E-state index contributed by atoms with van der Waals surface area (Å²) in [7, 11) is 3.29. The fraction of sp³-hybridized carbons (Fsp3) is 0.200. The smallest absolute Gasteiger partial charge is 0.157 e. The van der Waals surface area contributed by atoms with Gasteiger partial charge in [0.1, 0.15) is 23.8 Å². The zero-order valence-corrected chi connectivity index (χ0v) is 18.8. The van der Waals surface area contributed by atoms with Gasteiger partial charge in [-0.15, -0.1) is 0 Å². The molecule has 166 valence electrons. The number of benzene rings is 3. The lowest BCUT2D eigenvalue weighted by Crippen LogP contribution is -2.31. The molecule has 0 aromatic heterocycles. The maximum absolute atomic E-state index is 11.2. The molecule has 1 heterocycles. The minimum Gasteiger partial charge on any atom is -0.497 e. The second kappa shape index (κ2) is 9.99. The number of nitrogens with zero attached hydrogens (tertiary/aromatic N) is 1. The molecule has 0 aliphatic carbocycles. The highest BCUT2D eigenvalue weighted by Gasteiger charge is 2.24.